The molecule has 1 aliphatic rings. The van der Waals surface area contributed by atoms with E-state index in [-0.39, 0.29) is 6.54 Å². The van der Waals surface area contributed by atoms with Crippen LogP contribution in [0.15, 0.2) is 24.3 Å². The number of benzene rings is 1. The van der Waals surface area contributed by atoms with Crippen molar-refractivity contribution in [3.8, 4) is 5.75 Å². The van der Waals surface area contributed by atoms with Crippen molar-refractivity contribution in [2.75, 3.05) is 20.3 Å². The van der Waals surface area contributed by atoms with Crippen LogP contribution in [-0.2, 0) is 10.3 Å². The number of aliphatic hydroxyl groups is 1. The summed E-state index contributed by atoms with van der Waals surface area (Å²) in [6.07, 6.45) is -0.115. The molecular weight excluding hydrogens is 222 g/mol. The molecule has 0 saturated heterocycles. The van der Waals surface area contributed by atoms with Gasteiger partial charge >= 0.3 is 6.09 Å². The minimum atomic E-state index is -1.09. The molecule has 1 amide bonds. The maximum absolute atomic E-state index is 11.0. The van der Waals surface area contributed by atoms with Crippen LogP contribution in [-0.4, -0.2) is 31.5 Å². The first-order chi connectivity index (χ1) is 8.15. The van der Waals surface area contributed by atoms with Crippen LogP contribution in [0.25, 0.3) is 0 Å². The highest BCUT2D eigenvalue weighted by molar-refractivity contribution is 5.67. The van der Waals surface area contributed by atoms with Crippen LogP contribution in [0.2, 0.25) is 0 Å². The molecule has 1 aliphatic heterocycles. The Morgan fingerprint density at radius 1 is 1.59 bits per heavy atom. The summed E-state index contributed by atoms with van der Waals surface area (Å²) in [5.74, 6) is 0.660. The second kappa shape index (κ2) is 4.63. The molecule has 0 aromatic heterocycles. The third-order valence-electron chi connectivity index (χ3n) is 2.87. The van der Waals surface area contributed by atoms with E-state index in [1.54, 1.807) is 12.1 Å². The molecule has 1 aromatic rings. The first kappa shape index (κ1) is 11.7. The molecular formula is C12H15NO4. The summed E-state index contributed by atoms with van der Waals surface area (Å²) < 4.78 is 9.93. The van der Waals surface area contributed by atoms with Gasteiger partial charge in [-0.1, -0.05) is 18.2 Å². The molecule has 0 radical (unpaired) electrons. The standard InChI is InChI=1S/C12H15NO4/c1-16-11(14)13-8-12(15)6-7-17-10-5-3-2-4-9(10)12/h2-5,15H,6-8H2,1H3,(H,13,14). The second-order valence-corrected chi connectivity index (χ2v) is 3.97. The lowest BCUT2D eigenvalue weighted by Gasteiger charge is -2.34. The van der Waals surface area contributed by atoms with E-state index in [1.165, 1.54) is 7.11 Å². The second-order valence-electron chi connectivity index (χ2n) is 3.97. The van der Waals surface area contributed by atoms with Crippen LogP contribution < -0.4 is 10.1 Å². The Hall–Kier alpha value is -1.75. The fourth-order valence-electron chi connectivity index (χ4n) is 1.92. The number of para-hydroxylation sites is 1. The average molecular weight is 237 g/mol. The van der Waals surface area contributed by atoms with Crippen molar-refractivity contribution in [3.63, 3.8) is 0 Å². The van der Waals surface area contributed by atoms with E-state index < -0.39 is 11.7 Å². The normalized spacial score (nSPS) is 22.2. The van der Waals surface area contributed by atoms with Gasteiger partial charge in [0.1, 0.15) is 11.4 Å². The average Bonchev–Trinajstić information content (AvgIpc) is 2.37. The van der Waals surface area contributed by atoms with Gasteiger partial charge in [0, 0.05) is 12.0 Å². The lowest BCUT2D eigenvalue weighted by atomic mass is 9.88. The number of rotatable bonds is 2. The molecule has 1 heterocycles. The fourth-order valence-corrected chi connectivity index (χ4v) is 1.92. The molecule has 1 unspecified atom stereocenters. The van der Waals surface area contributed by atoms with Gasteiger partial charge in [-0.15, -0.1) is 0 Å². The highest BCUT2D eigenvalue weighted by Crippen LogP contribution is 2.36. The maximum atomic E-state index is 11.0. The van der Waals surface area contributed by atoms with Gasteiger partial charge in [-0.05, 0) is 6.07 Å². The van der Waals surface area contributed by atoms with E-state index in [2.05, 4.69) is 10.1 Å². The molecule has 5 heteroatoms. The van der Waals surface area contributed by atoms with Crippen molar-refractivity contribution in [1.29, 1.82) is 0 Å². The predicted molar refractivity (Wildman–Crippen MR) is 60.9 cm³/mol. The molecule has 2 N–H and O–H groups in total. The van der Waals surface area contributed by atoms with Crippen molar-refractivity contribution >= 4 is 6.09 Å². The highest BCUT2D eigenvalue weighted by atomic mass is 16.5. The number of ether oxygens (including phenoxy) is 2. The molecule has 0 spiro atoms. The van der Waals surface area contributed by atoms with E-state index in [9.17, 15) is 9.90 Å². The molecule has 17 heavy (non-hydrogen) atoms. The van der Waals surface area contributed by atoms with Gasteiger partial charge in [-0.2, -0.15) is 0 Å². The number of fused-ring (bicyclic) bond motifs is 1. The third-order valence-corrected chi connectivity index (χ3v) is 2.87. The summed E-state index contributed by atoms with van der Waals surface area (Å²) in [5.41, 5.74) is -0.397. The smallest absolute Gasteiger partial charge is 0.406 e. The van der Waals surface area contributed by atoms with Gasteiger partial charge < -0.3 is 19.9 Å². The van der Waals surface area contributed by atoms with E-state index in [1.807, 2.05) is 12.1 Å². The summed E-state index contributed by atoms with van der Waals surface area (Å²) in [6.45, 7) is 0.538. The van der Waals surface area contributed by atoms with Crippen molar-refractivity contribution in [2.45, 2.75) is 12.0 Å². The number of nitrogens with one attached hydrogen (secondary N) is 1. The number of hydrogen-bond donors (Lipinski definition) is 2. The van der Waals surface area contributed by atoms with Crippen LogP contribution in [0.3, 0.4) is 0 Å². The molecule has 1 aromatic carbocycles. The van der Waals surface area contributed by atoms with Crippen LogP contribution in [0, 0.1) is 0 Å². The zero-order valence-electron chi connectivity index (χ0n) is 9.60. The summed E-state index contributed by atoms with van der Waals surface area (Å²) in [7, 11) is 1.29. The Balaban J connectivity index is 2.18. The molecule has 92 valence electrons. The molecule has 0 saturated carbocycles. The third kappa shape index (κ3) is 2.34. The predicted octanol–water partition coefficient (Wildman–Crippen LogP) is 1.01. The van der Waals surface area contributed by atoms with Gasteiger partial charge in [0.25, 0.3) is 0 Å². The van der Waals surface area contributed by atoms with E-state index >= 15 is 0 Å². The monoisotopic (exact) mass is 237 g/mol. The van der Waals surface area contributed by atoms with Crippen LogP contribution in [0.5, 0.6) is 5.75 Å². The highest BCUT2D eigenvalue weighted by Gasteiger charge is 2.35. The van der Waals surface area contributed by atoms with Crippen LogP contribution in [0.4, 0.5) is 4.79 Å². The first-order valence-corrected chi connectivity index (χ1v) is 5.42. The summed E-state index contributed by atoms with van der Waals surface area (Å²) in [4.78, 5) is 11.0. The fraction of sp³-hybridized carbons (Fsp3) is 0.417. The van der Waals surface area contributed by atoms with Crippen LogP contribution in [0.1, 0.15) is 12.0 Å². The molecule has 0 aliphatic carbocycles. The first-order valence-electron chi connectivity index (χ1n) is 5.42. The van der Waals surface area contributed by atoms with Crippen LogP contribution >= 0.6 is 0 Å². The zero-order chi connectivity index (χ0) is 12.3. The Morgan fingerprint density at radius 2 is 2.35 bits per heavy atom. The Labute approximate surface area is 99.3 Å². The summed E-state index contributed by atoms with van der Waals surface area (Å²) >= 11 is 0. The van der Waals surface area contributed by atoms with Crippen molar-refractivity contribution < 1.29 is 19.4 Å². The number of carbonyl (C=O) groups is 1. The van der Waals surface area contributed by atoms with Crippen molar-refractivity contribution in [1.82, 2.24) is 5.32 Å². The minimum Gasteiger partial charge on any atom is -0.493 e. The van der Waals surface area contributed by atoms with Gasteiger partial charge in [0.05, 0.1) is 20.3 Å². The number of methoxy groups -OCH3 is 1. The number of amides is 1. The lowest BCUT2D eigenvalue weighted by Crippen LogP contribution is -2.43. The summed E-state index contributed by atoms with van der Waals surface area (Å²) in [6, 6.07) is 7.28. The number of carbonyl (C=O) groups excluding carboxylic acids is 1. The maximum Gasteiger partial charge on any atom is 0.406 e. The van der Waals surface area contributed by atoms with E-state index in [4.69, 9.17) is 4.74 Å². The Morgan fingerprint density at radius 3 is 3.12 bits per heavy atom. The number of hydrogen-bond acceptors (Lipinski definition) is 4. The quantitative estimate of drug-likeness (QED) is 0.805. The minimum absolute atomic E-state index is 0.111. The largest absolute Gasteiger partial charge is 0.493 e. The van der Waals surface area contributed by atoms with Crippen molar-refractivity contribution in [2.24, 2.45) is 0 Å². The van der Waals surface area contributed by atoms with E-state index in [0.717, 1.165) is 0 Å². The summed E-state index contributed by atoms with van der Waals surface area (Å²) in [5, 5.41) is 13.0. The van der Waals surface area contributed by atoms with Crippen molar-refractivity contribution in [3.05, 3.63) is 29.8 Å². The Bertz CT molecular complexity index is 421. The molecule has 1 atom stereocenters. The topological polar surface area (TPSA) is 67.8 Å². The molecule has 2 rings (SSSR count). The van der Waals surface area contributed by atoms with Gasteiger partial charge in [-0.25, -0.2) is 4.79 Å². The Kier molecular flexibility index (Phi) is 3.19. The zero-order valence-corrected chi connectivity index (χ0v) is 9.60. The van der Waals surface area contributed by atoms with E-state index in [0.29, 0.717) is 24.3 Å². The lowest BCUT2D eigenvalue weighted by molar-refractivity contribution is -0.00186. The molecule has 0 bridgehead atoms. The SMILES string of the molecule is COC(=O)NCC1(O)CCOc2ccccc21. The molecule has 0 fully saturated rings. The van der Waals surface area contributed by atoms with Gasteiger partial charge in [0.2, 0.25) is 0 Å². The van der Waals surface area contributed by atoms with Gasteiger partial charge in [-0.3, -0.25) is 0 Å². The molecule has 5 nitrogen and oxygen atoms in total. The number of alkyl carbamates (subject to hydrolysis) is 1. The van der Waals surface area contributed by atoms with Gasteiger partial charge in [0.15, 0.2) is 0 Å².